The Morgan fingerprint density at radius 2 is 1.48 bits per heavy atom. The van der Waals surface area contributed by atoms with Crippen molar-refractivity contribution in [2.24, 2.45) is 0 Å². The number of rotatable bonds is 9. The van der Waals surface area contributed by atoms with Gasteiger partial charge in [-0.3, -0.25) is 4.90 Å². The van der Waals surface area contributed by atoms with Crippen LogP contribution in [-0.2, 0) is 16.4 Å². The molecule has 6 heteroatoms. The van der Waals surface area contributed by atoms with E-state index in [9.17, 15) is 8.42 Å². The predicted molar refractivity (Wildman–Crippen MR) is 108 cm³/mol. The van der Waals surface area contributed by atoms with Gasteiger partial charge in [-0.2, -0.15) is 4.31 Å². The first-order valence-electron chi connectivity index (χ1n) is 9.55. The van der Waals surface area contributed by atoms with E-state index in [0.29, 0.717) is 26.1 Å². The summed E-state index contributed by atoms with van der Waals surface area (Å²) < 4.78 is 32.5. The molecule has 2 aromatic carbocycles. The zero-order valence-electron chi connectivity index (χ0n) is 15.7. The van der Waals surface area contributed by atoms with Crippen LogP contribution in [0.5, 0.6) is 5.75 Å². The van der Waals surface area contributed by atoms with Crippen LogP contribution in [0.3, 0.4) is 0 Å². The van der Waals surface area contributed by atoms with E-state index in [2.05, 4.69) is 4.90 Å². The maximum absolute atomic E-state index is 12.6. The third kappa shape index (κ3) is 6.34. The van der Waals surface area contributed by atoms with E-state index in [1.54, 1.807) is 4.31 Å². The van der Waals surface area contributed by atoms with Gasteiger partial charge >= 0.3 is 0 Å². The van der Waals surface area contributed by atoms with Gasteiger partial charge < -0.3 is 4.74 Å². The quantitative estimate of drug-likeness (QED) is 0.663. The van der Waals surface area contributed by atoms with E-state index >= 15 is 0 Å². The molecule has 27 heavy (non-hydrogen) atoms. The Hall–Kier alpha value is -1.89. The lowest BCUT2D eigenvalue weighted by molar-refractivity contribution is 0.159. The van der Waals surface area contributed by atoms with Crippen molar-refractivity contribution in [3.63, 3.8) is 0 Å². The maximum Gasteiger partial charge on any atom is 0.214 e. The number of para-hydroxylation sites is 1. The molecule has 0 N–H and O–H groups in total. The summed E-state index contributed by atoms with van der Waals surface area (Å²) in [5, 5.41) is 0. The molecule has 3 rings (SSSR count). The smallest absolute Gasteiger partial charge is 0.214 e. The molecule has 2 aromatic rings. The second-order valence-electron chi connectivity index (χ2n) is 6.81. The first kappa shape index (κ1) is 19.9. The molecule has 1 heterocycles. The number of ether oxygens (including phenoxy) is 1. The highest BCUT2D eigenvalue weighted by Gasteiger charge is 2.26. The molecule has 1 aliphatic rings. The molecule has 0 unspecified atom stereocenters. The SMILES string of the molecule is O=S(=O)(CCCc1ccccc1)N1CCN(CCOc2ccccc2)CC1. The average Bonchev–Trinajstić information content (AvgIpc) is 2.70. The number of aryl methyl sites for hydroxylation is 1. The average molecular weight is 389 g/mol. The number of benzene rings is 2. The fraction of sp³-hybridized carbons (Fsp3) is 0.429. The summed E-state index contributed by atoms with van der Waals surface area (Å²) in [6.45, 7) is 4.09. The zero-order valence-corrected chi connectivity index (χ0v) is 16.5. The van der Waals surface area contributed by atoms with Crippen molar-refractivity contribution < 1.29 is 13.2 Å². The third-order valence-corrected chi connectivity index (χ3v) is 6.81. The highest BCUT2D eigenvalue weighted by molar-refractivity contribution is 7.89. The van der Waals surface area contributed by atoms with Crippen LogP contribution in [0, 0.1) is 0 Å². The molecule has 0 saturated carbocycles. The van der Waals surface area contributed by atoms with Crippen LogP contribution in [0.15, 0.2) is 60.7 Å². The molecule has 0 amide bonds. The van der Waals surface area contributed by atoms with Gasteiger partial charge in [-0.25, -0.2) is 8.42 Å². The summed E-state index contributed by atoms with van der Waals surface area (Å²) in [5.41, 5.74) is 1.19. The fourth-order valence-corrected chi connectivity index (χ4v) is 4.76. The summed E-state index contributed by atoms with van der Waals surface area (Å²) in [6.07, 6.45) is 1.47. The largest absolute Gasteiger partial charge is 0.492 e. The summed E-state index contributed by atoms with van der Waals surface area (Å²) in [4.78, 5) is 2.26. The van der Waals surface area contributed by atoms with Gasteiger partial charge in [-0.1, -0.05) is 48.5 Å². The Labute approximate surface area is 162 Å². The lowest BCUT2D eigenvalue weighted by Gasteiger charge is -2.33. The highest BCUT2D eigenvalue weighted by atomic mass is 32.2. The monoisotopic (exact) mass is 388 g/mol. The van der Waals surface area contributed by atoms with Gasteiger partial charge in [0.2, 0.25) is 10.0 Å². The van der Waals surface area contributed by atoms with E-state index in [1.807, 2.05) is 60.7 Å². The minimum Gasteiger partial charge on any atom is -0.492 e. The van der Waals surface area contributed by atoms with Crippen molar-refractivity contribution >= 4 is 10.0 Å². The van der Waals surface area contributed by atoms with Crippen LogP contribution in [0.1, 0.15) is 12.0 Å². The van der Waals surface area contributed by atoms with E-state index < -0.39 is 10.0 Å². The van der Waals surface area contributed by atoms with Crippen molar-refractivity contribution in [3.8, 4) is 5.75 Å². The molecule has 5 nitrogen and oxygen atoms in total. The van der Waals surface area contributed by atoms with Crippen LogP contribution in [0.4, 0.5) is 0 Å². The Bertz CT molecular complexity index is 774. The van der Waals surface area contributed by atoms with Crippen LogP contribution in [-0.4, -0.2) is 62.7 Å². The molecular weight excluding hydrogens is 360 g/mol. The first-order chi connectivity index (χ1) is 13.1. The molecule has 0 atom stereocenters. The van der Waals surface area contributed by atoms with Crippen LogP contribution >= 0.6 is 0 Å². The number of piperazine rings is 1. The van der Waals surface area contributed by atoms with Crippen molar-refractivity contribution in [1.29, 1.82) is 0 Å². The predicted octanol–water partition coefficient (Wildman–Crippen LogP) is 2.65. The van der Waals surface area contributed by atoms with Gasteiger partial charge in [0.15, 0.2) is 0 Å². The van der Waals surface area contributed by atoms with Crippen LogP contribution in [0.2, 0.25) is 0 Å². The molecule has 0 aliphatic carbocycles. The highest BCUT2D eigenvalue weighted by Crippen LogP contribution is 2.12. The minimum atomic E-state index is -3.16. The van der Waals surface area contributed by atoms with Crippen LogP contribution < -0.4 is 4.74 Å². The van der Waals surface area contributed by atoms with Gasteiger partial charge in [0, 0.05) is 32.7 Å². The Kier molecular flexibility index (Phi) is 7.26. The van der Waals surface area contributed by atoms with Crippen molar-refractivity contribution in [2.75, 3.05) is 45.1 Å². The number of nitrogens with zero attached hydrogens (tertiary/aromatic N) is 2. The molecule has 1 saturated heterocycles. The van der Waals surface area contributed by atoms with Gasteiger partial charge in [0.1, 0.15) is 12.4 Å². The summed E-state index contributed by atoms with van der Waals surface area (Å²) in [7, 11) is -3.16. The lowest BCUT2D eigenvalue weighted by Crippen LogP contribution is -2.50. The first-order valence-corrected chi connectivity index (χ1v) is 11.2. The second kappa shape index (κ2) is 9.88. The summed E-state index contributed by atoms with van der Waals surface area (Å²) >= 11 is 0. The van der Waals surface area contributed by atoms with Crippen molar-refractivity contribution in [2.45, 2.75) is 12.8 Å². The molecule has 0 radical (unpaired) electrons. The minimum absolute atomic E-state index is 0.221. The molecular formula is C21H28N2O3S. The lowest BCUT2D eigenvalue weighted by atomic mass is 10.1. The normalized spacial score (nSPS) is 16.3. The Balaban J connectivity index is 1.36. The van der Waals surface area contributed by atoms with Gasteiger partial charge in [0.25, 0.3) is 0 Å². The van der Waals surface area contributed by atoms with E-state index in [-0.39, 0.29) is 5.75 Å². The molecule has 1 fully saturated rings. The van der Waals surface area contributed by atoms with E-state index in [4.69, 9.17) is 4.74 Å². The number of sulfonamides is 1. The topological polar surface area (TPSA) is 49.9 Å². The van der Waals surface area contributed by atoms with E-state index in [1.165, 1.54) is 5.56 Å². The summed E-state index contributed by atoms with van der Waals surface area (Å²) in [6, 6.07) is 19.8. The molecule has 146 valence electrons. The zero-order chi connectivity index (χ0) is 19.0. The fourth-order valence-electron chi connectivity index (χ4n) is 3.27. The van der Waals surface area contributed by atoms with Crippen LogP contribution in [0.25, 0.3) is 0 Å². The second-order valence-corrected chi connectivity index (χ2v) is 8.90. The van der Waals surface area contributed by atoms with Gasteiger partial charge in [0.05, 0.1) is 5.75 Å². The molecule has 0 aromatic heterocycles. The number of hydrogen-bond acceptors (Lipinski definition) is 4. The summed E-state index contributed by atoms with van der Waals surface area (Å²) in [5.74, 6) is 1.09. The third-order valence-electron chi connectivity index (χ3n) is 4.85. The molecule has 0 spiro atoms. The Morgan fingerprint density at radius 1 is 0.852 bits per heavy atom. The molecule has 1 aliphatic heterocycles. The molecule has 0 bridgehead atoms. The van der Waals surface area contributed by atoms with Crippen molar-refractivity contribution in [1.82, 2.24) is 9.21 Å². The van der Waals surface area contributed by atoms with Gasteiger partial charge in [-0.05, 0) is 30.5 Å². The standard InChI is InChI=1S/C21H28N2O3S/c24-27(25,19-7-10-20-8-3-1-4-9-20)23-15-13-22(14-16-23)17-18-26-21-11-5-2-6-12-21/h1-6,8-9,11-12H,7,10,13-19H2. The number of hydrogen-bond donors (Lipinski definition) is 0. The Morgan fingerprint density at radius 3 is 2.15 bits per heavy atom. The maximum atomic E-state index is 12.6. The van der Waals surface area contributed by atoms with Gasteiger partial charge in [-0.15, -0.1) is 0 Å². The van der Waals surface area contributed by atoms with E-state index in [0.717, 1.165) is 31.8 Å². The van der Waals surface area contributed by atoms with Crippen molar-refractivity contribution in [3.05, 3.63) is 66.2 Å².